The van der Waals surface area contributed by atoms with Gasteiger partial charge in [-0.25, -0.2) is 0 Å². The number of rotatable bonds is 6. The molecule has 1 aromatic rings. The third kappa shape index (κ3) is 3.37. The van der Waals surface area contributed by atoms with Crippen LogP contribution in [0.5, 0.6) is 0 Å². The molecule has 0 radical (unpaired) electrons. The molecule has 0 unspecified atom stereocenters. The lowest BCUT2D eigenvalue weighted by Crippen LogP contribution is -2.33. The van der Waals surface area contributed by atoms with E-state index in [2.05, 4.69) is 38.1 Å². The van der Waals surface area contributed by atoms with E-state index in [-0.39, 0.29) is 0 Å². The monoisotopic (exact) mass is 259 g/mol. The van der Waals surface area contributed by atoms with Gasteiger partial charge in [-0.05, 0) is 42.7 Å². The first-order valence-electron chi connectivity index (χ1n) is 7.61. The minimum absolute atomic E-state index is 0.338. The highest BCUT2D eigenvalue weighted by Gasteiger charge is 2.25. The lowest BCUT2D eigenvalue weighted by atomic mass is 9.97. The molecule has 1 amide bonds. The number of benzene rings is 1. The van der Waals surface area contributed by atoms with Crippen molar-refractivity contribution in [1.82, 2.24) is 4.90 Å². The number of carbonyl (C=O) groups excluding carboxylic acids is 1. The number of aryl methyl sites for hydroxylation is 1. The SMILES string of the molecule is CCCN(CCC)C(=O)C[C@@H]1CCc2ccccc21. The van der Waals surface area contributed by atoms with Gasteiger partial charge in [0.1, 0.15) is 0 Å². The molecule has 0 saturated carbocycles. The first-order chi connectivity index (χ1) is 9.26. The fourth-order valence-electron chi connectivity index (χ4n) is 3.10. The Hall–Kier alpha value is -1.31. The Labute approximate surface area is 116 Å². The van der Waals surface area contributed by atoms with Crippen LogP contribution in [0.3, 0.4) is 0 Å². The van der Waals surface area contributed by atoms with Gasteiger partial charge in [0.15, 0.2) is 0 Å². The van der Waals surface area contributed by atoms with Crippen molar-refractivity contribution in [2.45, 2.75) is 51.9 Å². The zero-order chi connectivity index (χ0) is 13.7. The second-order valence-corrected chi connectivity index (χ2v) is 5.52. The molecule has 2 nitrogen and oxygen atoms in total. The molecule has 0 saturated heterocycles. The van der Waals surface area contributed by atoms with Crippen LogP contribution in [-0.4, -0.2) is 23.9 Å². The first-order valence-corrected chi connectivity index (χ1v) is 7.61. The Morgan fingerprint density at radius 3 is 2.58 bits per heavy atom. The summed E-state index contributed by atoms with van der Waals surface area (Å²) < 4.78 is 0. The number of hydrogen-bond donors (Lipinski definition) is 0. The lowest BCUT2D eigenvalue weighted by Gasteiger charge is -2.23. The van der Waals surface area contributed by atoms with E-state index in [1.807, 2.05) is 4.90 Å². The van der Waals surface area contributed by atoms with Gasteiger partial charge < -0.3 is 4.90 Å². The van der Waals surface area contributed by atoms with Crippen molar-refractivity contribution in [1.29, 1.82) is 0 Å². The molecule has 2 rings (SSSR count). The Kier molecular flexibility index (Phi) is 5.00. The van der Waals surface area contributed by atoms with Crippen LogP contribution in [0.15, 0.2) is 24.3 Å². The topological polar surface area (TPSA) is 20.3 Å². The molecule has 0 heterocycles. The molecule has 0 fully saturated rings. The predicted octanol–water partition coefficient (Wildman–Crippen LogP) is 3.76. The number of carbonyl (C=O) groups is 1. The third-order valence-corrected chi connectivity index (χ3v) is 4.02. The van der Waals surface area contributed by atoms with E-state index in [1.54, 1.807) is 0 Å². The molecule has 0 aromatic heterocycles. The van der Waals surface area contributed by atoms with E-state index in [0.717, 1.165) is 38.8 Å². The summed E-state index contributed by atoms with van der Waals surface area (Å²) in [6.07, 6.45) is 5.06. The highest BCUT2D eigenvalue weighted by atomic mass is 16.2. The van der Waals surface area contributed by atoms with Crippen molar-refractivity contribution < 1.29 is 4.79 Å². The van der Waals surface area contributed by atoms with E-state index in [0.29, 0.717) is 18.2 Å². The fraction of sp³-hybridized carbons (Fsp3) is 0.588. The molecular formula is C17H25NO. The molecule has 1 aliphatic rings. The zero-order valence-electron chi connectivity index (χ0n) is 12.2. The second-order valence-electron chi connectivity index (χ2n) is 5.52. The zero-order valence-corrected chi connectivity index (χ0v) is 12.2. The van der Waals surface area contributed by atoms with E-state index in [9.17, 15) is 4.79 Å². The van der Waals surface area contributed by atoms with Gasteiger partial charge in [0.05, 0.1) is 0 Å². The van der Waals surface area contributed by atoms with Crippen molar-refractivity contribution >= 4 is 5.91 Å². The van der Waals surface area contributed by atoms with Gasteiger partial charge in [-0.2, -0.15) is 0 Å². The van der Waals surface area contributed by atoms with Gasteiger partial charge in [0.2, 0.25) is 5.91 Å². The van der Waals surface area contributed by atoms with Crippen LogP contribution in [-0.2, 0) is 11.2 Å². The Morgan fingerprint density at radius 2 is 1.89 bits per heavy atom. The summed E-state index contributed by atoms with van der Waals surface area (Å²) in [5.41, 5.74) is 2.85. The quantitative estimate of drug-likeness (QED) is 0.762. The van der Waals surface area contributed by atoms with Gasteiger partial charge in [-0.1, -0.05) is 38.1 Å². The standard InChI is InChI=1S/C17H25NO/c1-3-11-18(12-4-2)17(19)13-15-10-9-14-7-5-6-8-16(14)15/h5-8,15H,3-4,9-13H2,1-2H3/t15-/m0/s1. The molecule has 0 spiro atoms. The fourth-order valence-corrected chi connectivity index (χ4v) is 3.10. The van der Waals surface area contributed by atoms with E-state index in [1.165, 1.54) is 11.1 Å². The van der Waals surface area contributed by atoms with E-state index in [4.69, 9.17) is 0 Å². The molecule has 104 valence electrons. The predicted molar refractivity (Wildman–Crippen MR) is 79.3 cm³/mol. The molecule has 0 N–H and O–H groups in total. The van der Waals surface area contributed by atoms with Gasteiger partial charge in [0, 0.05) is 19.5 Å². The van der Waals surface area contributed by atoms with Crippen LogP contribution >= 0.6 is 0 Å². The lowest BCUT2D eigenvalue weighted by molar-refractivity contribution is -0.131. The van der Waals surface area contributed by atoms with E-state index >= 15 is 0 Å². The van der Waals surface area contributed by atoms with Crippen molar-refractivity contribution in [3.63, 3.8) is 0 Å². The Morgan fingerprint density at radius 1 is 1.21 bits per heavy atom. The maximum atomic E-state index is 12.4. The number of hydrogen-bond acceptors (Lipinski definition) is 1. The number of amides is 1. The minimum Gasteiger partial charge on any atom is -0.343 e. The van der Waals surface area contributed by atoms with Gasteiger partial charge in [-0.15, -0.1) is 0 Å². The highest BCUT2D eigenvalue weighted by Crippen LogP contribution is 2.35. The summed E-state index contributed by atoms with van der Waals surface area (Å²) in [5.74, 6) is 0.783. The Balaban J connectivity index is 1.99. The highest BCUT2D eigenvalue weighted by molar-refractivity contribution is 5.77. The maximum Gasteiger partial charge on any atom is 0.223 e. The van der Waals surface area contributed by atoms with Crippen molar-refractivity contribution in [3.8, 4) is 0 Å². The van der Waals surface area contributed by atoms with Crippen LogP contribution < -0.4 is 0 Å². The van der Waals surface area contributed by atoms with Gasteiger partial charge in [-0.3, -0.25) is 4.79 Å². The van der Waals surface area contributed by atoms with Crippen LogP contribution in [0.25, 0.3) is 0 Å². The first kappa shape index (κ1) is 14.1. The van der Waals surface area contributed by atoms with Gasteiger partial charge >= 0.3 is 0 Å². The van der Waals surface area contributed by atoms with Crippen LogP contribution in [0, 0.1) is 0 Å². The molecule has 1 atom stereocenters. The average Bonchev–Trinajstić information content (AvgIpc) is 2.82. The van der Waals surface area contributed by atoms with Crippen molar-refractivity contribution in [3.05, 3.63) is 35.4 Å². The average molecular weight is 259 g/mol. The molecule has 19 heavy (non-hydrogen) atoms. The van der Waals surface area contributed by atoms with Crippen LogP contribution in [0.1, 0.15) is 56.6 Å². The van der Waals surface area contributed by atoms with Gasteiger partial charge in [0.25, 0.3) is 0 Å². The summed E-state index contributed by atoms with van der Waals surface area (Å²) in [6.45, 7) is 6.09. The summed E-state index contributed by atoms with van der Waals surface area (Å²) >= 11 is 0. The molecule has 1 aliphatic carbocycles. The maximum absolute atomic E-state index is 12.4. The van der Waals surface area contributed by atoms with E-state index < -0.39 is 0 Å². The molecule has 1 aromatic carbocycles. The van der Waals surface area contributed by atoms with Crippen LogP contribution in [0.2, 0.25) is 0 Å². The molecule has 2 heteroatoms. The number of nitrogens with zero attached hydrogens (tertiary/aromatic N) is 1. The summed E-state index contributed by atoms with van der Waals surface area (Å²) in [4.78, 5) is 14.5. The molecular weight excluding hydrogens is 234 g/mol. The van der Waals surface area contributed by atoms with Crippen LogP contribution in [0.4, 0.5) is 0 Å². The molecule has 0 bridgehead atoms. The summed E-state index contributed by atoms with van der Waals surface area (Å²) in [7, 11) is 0. The smallest absolute Gasteiger partial charge is 0.223 e. The summed E-state index contributed by atoms with van der Waals surface area (Å²) in [5, 5.41) is 0. The largest absolute Gasteiger partial charge is 0.343 e. The summed E-state index contributed by atoms with van der Waals surface area (Å²) in [6, 6.07) is 8.60. The van der Waals surface area contributed by atoms with Crippen molar-refractivity contribution in [2.24, 2.45) is 0 Å². The third-order valence-electron chi connectivity index (χ3n) is 4.02. The number of fused-ring (bicyclic) bond motifs is 1. The second kappa shape index (κ2) is 6.74. The normalized spacial score (nSPS) is 17.3. The minimum atomic E-state index is 0.338. The molecule has 0 aliphatic heterocycles. The van der Waals surface area contributed by atoms with Crippen molar-refractivity contribution in [2.75, 3.05) is 13.1 Å². The Bertz CT molecular complexity index is 421.